The number of piperidine rings is 1. The highest BCUT2D eigenvalue weighted by atomic mass is 16.2. The minimum atomic E-state index is 0.217. The van der Waals surface area contributed by atoms with Gasteiger partial charge in [-0.1, -0.05) is 0 Å². The number of hydrogen-bond donors (Lipinski definition) is 0. The van der Waals surface area contributed by atoms with Crippen molar-refractivity contribution in [3.8, 4) is 0 Å². The summed E-state index contributed by atoms with van der Waals surface area (Å²) in [6, 6.07) is 4.40. The highest BCUT2D eigenvalue weighted by Crippen LogP contribution is 2.43. The number of amides is 1. The van der Waals surface area contributed by atoms with Crippen LogP contribution in [0.4, 0.5) is 0 Å². The topological polar surface area (TPSA) is 25.2 Å². The average molecular weight is 204 g/mol. The van der Waals surface area contributed by atoms with Gasteiger partial charge in [0.05, 0.1) is 0 Å². The molecule has 3 nitrogen and oxygen atoms in total. The van der Waals surface area contributed by atoms with Crippen molar-refractivity contribution in [2.45, 2.75) is 25.3 Å². The molecule has 1 saturated heterocycles. The van der Waals surface area contributed by atoms with Crippen LogP contribution >= 0.6 is 0 Å². The monoisotopic (exact) mass is 204 g/mol. The molecular formula is C12H16N2O. The van der Waals surface area contributed by atoms with Crippen LogP contribution in [0, 0.1) is 5.92 Å². The Balaban J connectivity index is 1.82. The van der Waals surface area contributed by atoms with Gasteiger partial charge in [0.2, 0.25) is 0 Å². The summed E-state index contributed by atoms with van der Waals surface area (Å²) < 4.78 is 1.91. The van der Waals surface area contributed by atoms with Crippen LogP contribution in [-0.2, 0) is 7.05 Å². The van der Waals surface area contributed by atoms with Gasteiger partial charge >= 0.3 is 0 Å². The molecule has 2 unspecified atom stereocenters. The standard InChI is InChI=1S/C12H16N2O/c1-13-6-3-5-10(13)12(15)14-7-2-4-9-8-11(9)14/h3,5-6,9,11H,2,4,7-8H2,1H3. The smallest absolute Gasteiger partial charge is 0.270 e. The Kier molecular flexibility index (Phi) is 1.87. The Morgan fingerprint density at radius 3 is 3.13 bits per heavy atom. The van der Waals surface area contributed by atoms with Gasteiger partial charge in [0, 0.05) is 25.8 Å². The van der Waals surface area contributed by atoms with E-state index in [9.17, 15) is 4.79 Å². The summed E-state index contributed by atoms with van der Waals surface area (Å²) in [4.78, 5) is 14.3. The van der Waals surface area contributed by atoms with Crippen LogP contribution in [0.1, 0.15) is 29.8 Å². The molecule has 1 aromatic heterocycles. The molecule has 2 fully saturated rings. The van der Waals surface area contributed by atoms with Crippen molar-refractivity contribution in [2.75, 3.05) is 6.54 Å². The average Bonchev–Trinajstić information content (AvgIpc) is 2.92. The maximum absolute atomic E-state index is 12.2. The minimum Gasteiger partial charge on any atom is -0.347 e. The Bertz CT molecular complexity index is 396. The summed E-state index contributed by atoms with van der Waals surface area (Å²) in [6.45, 7) is 0.950. The predicted octanol–water partition coefficient (Wildman–Crippen LogP) is 1.65. The van der Waals surface area contributed by atoms with Gasteiger partial charge in [-0.05, 0) is 37.3 Å². The summed E-state index contributed by atoms with van der Waals surface area (Å²) in [7, 11) is 1.93. The minimum absolute atomic E-state index is 0.217. The summed E-state index contributed by atoms with van der Waals surface area (Å²) in [6.07, 6.45) is 5.66. The van der Waals surface area contributed by atoms with E-state index in [-0.39, 0.29) is 5.91 Å². The number of carbonyl (C=O) groups excluding carboxylic acids is 1. The number of fused-ring (bicyclic) bond motifs is 1. The Morgan fingerprint density at radius 1 is 1.53 bits per heavy atom. The van der Waals surface area contributed by atoms with Crippen LogP contribution in [0.25, 0.3) is 0 Å². The molecule has 15 heavy (non-hydrogen) atoms. The van der Waals surface area contributed by atoms with Crippen LogP contribution in [-0.4, -0.2) is 28.0 Å². The molecule has 2 heterocycles. The van der Waals surface area contributed by atoms with E-state index in [0.717, 1.165) is 18.2 Å². The number of likely N-dealkylation sites (tertiary alicyclic amines) is 1. The van der Waals surface area contributed by atoms with Crippen molar-refractivity contribution in [2.24, 2.45) is 13.0 Å². The molecule has 0 aromatic carbocycles. The molecule has 3 heteroatoms. The van der Waals surface area contributed by atoms with Crippen LogP contribution < -0.4 is 0 Å². The SMILES string of the molecule is Cn1cccc1C(=O)N1CCCC2CC21. The molecule has 1 saturated carbocycles. The number of rotatable bonds is 1. The van der Waals surface area contributed by atoms with E-state index in [4.69, 9.17) is 0 Å². The second kappa shape index (κ2) is 3.12. The third kappa shape index (κ3) is 1.37. The van der Waals surface area contributed by atoms with Crippen molar-refractivity contribution in [3.63, 3.8) is 0 Å². The zero-order valence-electron chi connectivity index (χ0n) is 9.02. The first-order valence-corrected chi connectivity index (χ1v) is 5.69. The summed E-state index contributed by atoms with van der Waals surface area (Å²) >= 11 is 0. The molecule has 3 rings (SSSR count). The van der Waals surface area contributed by atoms with Gasteiger partial charge < -0.3 is 9.47 Å². The summed E-state index contributed by atoms with van der Waals surface area (Å²) in [5.74, 6) is 1.03. The predicted molar refractivity (Wildman–Crippen MR) is 57.6 cm³/mol. The number of aryl methyl sites for hydroxylation is 1. The number of aromatic nitrogens is 1. The fourth-order valence-electron chi connectivity index (χ4n) is 2.70. The van der Waals surface area contributed by atoms with Crippen molar-refractivity contribution in [1.82, 2.24) is 9.47 Å². The van der Waals surface area contributed by atoms with E-state index in [1.165, 1.54) is 19.3 Å². The fourth-order valence-corrected chi connectivity index (χ4v) is 2.70. The molecule has 0 N–H and O–H groups in total. The van der Waals surface area contributed by atoms with Gasteiger partial charge in [0.1, 0.15) is 5.69 Å². The lowest BCUT2D eigenvalue weighted by molar-refractivity contribution is 0.0696. The van der Waals surface area contributed by atoms with E-state index < -0.39 is 0 Å². The Hall–Kier alpha value is -1.25. The third-order valence-corrected chi connectivity index (χ3v) is 3.68. The van der Waals surface area contributed by atoms with Crippen molar-refractivity contribution >= 4 is 5.91 Å². The lowest BCUT2D eigenvalue weighted by atomic mass is 10.1. The second-order valence-corrected chi connectivity index (χ2v) is 4.71. The highest BCUT2D eigenvalue weighted by molar-refractivity contribution is 5.93. The number of nitrogens with zero attached hydrogens (tertiary/aromatic N) is 2. The molecule has 1 amide bonds. The van der Waals surface area contributed by atoms with E-state index in [1.54, 1.807) is 0 Å². The molecule has 0 spiro atoms. The lowest BCUT2D eigenvalue weighted by Gasteiger charge is -2.26. The van der Waals surface area contributed by atoms with Crippen molar-refractivity contribution < 1.29 is 4.79 Å². The first-order valence-electron chi connectivity index (χ1n) is 5.69. The van der Waals surface area contributed by atoms with Gasteiger partial charge in [-0.2, -0.15) is 0 Å². The van der Waals surface area contributed by atoms with E-state index in [1.807, 2.05) is 29.9 Å². The first kappa shape index (κ1) is 9.01. The van der Waals surface area contributed by atoms with Gasteiger partial charge in [-0.3, -0.25) is 4.79 Å². The molecular weight excluding hydrogens is 188 g/mol. The van der Waals surface area contributed by atoms with E-state index in [2.05, 4.69) is 4.90 Å². The fraction of sp³-hybridized carbons (Fsp3) is 0.583. The van der Waals surface area contributed by atoms with Gasteiger partial charge in [0.25, 0.3) is 5.91 Å². The van der Waals surface area contributed by atoms with Crippen LogP contribution in [0.5, 0.6) is 0 Å². The number of carbonyl (C=O) groups is 1. The molecule has 1 aliphatic heterocycles. The highest BCUT2D eigenvalue weighted by Gasteiger charge is 2.46. The zero-order valence-corrected chi connectivity index (χ0v) is 9.02. The molecule has 2 atom stereocenters. The molecule has 80 valence electrons. The molecule has 1 aliphatic carbocycles. The number of hydrogen-bond acceptors (Lipinski definition) is 1. The zero-order chi connectivity index (χ0) is 10.4. The maximum atomic E-state index is 12.2. The van der Waals surface area contributed by atoms with Crippen LogP contribution in [0.2, 0.25) is 0 Å². The quantitative estimate of drug-likeness (QED) is 0.683. The maximum Gasteiger partial charge on any atom is 0.270 e. The summed E-state index contributed by atoms with van der Waals surface area (Å²) in [5, 5.41) is 0. The van der Waals surface area contributed by atoms with Crippen molar-refractivity contribution in [1.29, 1.82) is 0 Å². The van der Waals surface area contributed by atoms with Gasteiger partial charge in [-0.25, -0.2) is 0 Å². The van der Waals surface area contributed by atoms with Crippen LogP contribution in [0.15, 0.2) is 18.3 Å². The molecule has 0 radical (unpaired) electrons. The lowest BCUT2D eigenvalue weighted by Crippen LogP contribution is -2.38. The van der Waals surface area contributed by atoms with Crippen LogP contribution in [0.3, 0.4) is 0 Å². The molecule has 2 aliphatic rings. The van der Waals surface area contributed by atoms with E-state index in [0.29, 0.717) is 6.04 Å². The largest absolute Gasteiger partial charge is 0.347 e. The second-order valence-electron chi connectivity index (χ2n) is 4.71. The molecule has 0 bridgehead atoms. The normalized spacial score (nSPS) is 28.7. The van der Waals surface area contributed by atoms with Gasteiger partial charge in [0.15, 0.2) is 0 Å². The summed E-state index contributed by atoms with van der Waals surface area (Å²) in [5.41, 5.74) is 0.822. The molecule has 1 aromatic rings. The Labute approximate surface area is 89.7 Å². The van der Waals surface area contributed by atoms with E-state index >= 15 is 0 Å². The third-order valence-electron chi connectivity index (χ3n) is 3.68. The van der Waals surface area contributed by atoms with Crippen molar-refractivity contribution in [3.05, 3.63) is 24.0 Å². The Morgan fingerprint density at radius 2 is 2.40 bits per heavy atom. The van der Waals surface area contributed by atoms with Gasteiger partial charge in [-0.15, -0.1) is 0 Å². The first-order chi connectivity index (χ1) is 7.27.